The van der Waals surface area contributed by atoms with Gasteiger partial charge < -0.3 is 14.4 Å². The summed E-state index contributed by atoms with van der Waals surface area (Å²) >= 11 is 0. The molecule has 1 aromatic rings. The summed E-state index contributed by atoms with van der Waals surface area (Å²) in [6.45, 7) is 8.38. The maximum Gasteiger partial charge on any atom is 0.160 e. The first-order chi connectivity index (χ1) is 9.65. The average Bonchev–Trinajstić information content (AvgIpc) is 2.98. The fourth-order valence-electron chi connectivity index (χ4n) is 3.00. The van der Waals surface area contributed by atoms with E-state index in [1.807, 2.05) is 6.07 Å². The zero-order chi connectivity index (χ0) is 14.5. The largest absolute Gasteiger partial charge is 0.493 e. The number of nitrogens with zero attached hydrogens (tertiary/aromatic N) is 1. The molecule has 1 saturated heterocycles. The third-order valence-electron chi connectivity index (χ3n) is 4.53. The lowest BCUT2D eigenvalue weighted by molar-refractivity contribution is 0.269. The van der Waals surface area contributed by atoms with E-state index in [9.17, 15) is 0 Å². The SMILES string of the molecule is COc1ccc([C@@H](C)[C@H](C)CN2CCCC2)cc1OC. The molecule has 0 bridgehead atoms. The van der Waals surface area contributed by atoms with Crippen molar-refractivity contribution in [2.24, 2.45) is 5.92 Å². The van der Waals surface area contributed by atoms with Crippen LogP contribution < -0.4 is 9.47 Å². The summed E-state index contributed by atoms with van der Waals surface area (Å²) in [6, 6.07) is 6.28. The summed E-state index contributed by atoms with van der Waals surface area (Å²) < 4.78 is 10.7. The summed E-state index contributed by atoms with van der Waals surface area (Å²) in [5, 5.41) is 0. The van der Waals surface area contributed by atoms with E-state index < -0.39 is 0 Å². The molecule has 112 valence electrons. The fourth-order valence-corrected chi connectivity index (χ4v) is 3.00. The van der Waals surface area contributed by atoms with Crippen molar-refractivity contribution in [2.75, 3.05) is 33.9 Å². The van der Waals surface area contributed by atoms with Crippen molar-refractivity contribution in [1.82, 2.24) is 4.90 Å². The second kappa shape index (κ2) is 6.98. The molecule has 0 amide bonds. The zero-order valence-corrected chi connectivity index (χ0v) is 13.2. The fraction of sp³-hybridized carbons (Fsp3) is 0.647. The van der Waals surface area contributed by atoms with Crippen molar-refractivity contribution >= 4 is 0 Å². The van der Waals surface area contributed by atoms with Gasteiger partial charge in [0.2, 0.25) is 0 Å². The Morgan fingerprint density at radius 3 is 2.30 bits per heavy atom. The lowest BCUT2D eigenvalue weighted by Gasteiger charge is -2.26. The topological polar surface area (TPSA) is 21.7 Å². The molecule has 20 heavy (non-hydrogen) atoms. The van der Waals surface area contributed by atoms with Crippen molar-refractivity contribution in [3.05, 3.63) is 23.8 Å². The molecule has 2 atom stereocenters. The van der Waals surface area contributed by atoms with E-state index in [-0.39, 0.29) is 0 Å². The Morgan fingerprint density at radius 1 is 1.05 bits per heavy atom. The van der Waals surface area contributed by atoms with Gasteiger partial charge in [-0.2, -0.15) is 0 Å². The van der Waals surface area contributed by atoms with Crippen LogP contribution in [0.3, 0.4) is 0 Å². The highest BCUT2D eigenvalue weighted by molar-refractivity contribution is 5.43. The van der Waals surface area contributed by atoms with Crippen LogP contribution in [0.4, 0.5) is 0 Å². The molecule has 1 aromatic carbocycles. The van der Waals surface area contributed by atoms with E-state index in [2.05, 4.69) is 30.9 Å². The van der Waals surface area contributed by atoms with Gasteiger partial charge in [0.05, 0.1) is 14.2 Å². The molecule has 1 fully saturated rings. The smallest absolute Gasteiger partial charge is 0.160 e. The van der Waals surface area contributed by atoms with E-state index in [1.54, 1.807) is 14.2 Å². The third-order valence-corrected chi connectivity index (χ3v) is 4.53. The number of benzene rings is 1. The third kappa shape index (κ3) is 3.45. The molecule has 1 aliphatic heterocycles. The van der Waals surface area contributed by atoms with E-state index in [0.29, 0.717) is 11.8 Å². The first kappa shape index (κ1) is 15.2. The molecule has 1 heterocycles. The summed E-state index contributed by atoms with van der Waals surface area (Å²) in [5.74, 6) is 2.79. The van der Waals surface area contributed by atoms with Crippen molar-refractivity contribution < 1.29 is 9.47 Å². The van der Waals surface area contributed by atoms with Gasteiger partial charge in [0.1, 0.15) is 0 Å². The molecule has 0 N–H and O–H groups in total. The molecule has 0 saturated carbocycles. The normalized spacial score (nSPS) is 18.8. The van der Waals surface area contributed by atoms with Crippen LogP contribution in [0, 0.1) is 5.92 Å². The molecule has 3 heteroatoms. The first-order valence-electron chi connectivity index (χ1n) is 7.60. The van der Waals surface area contributed by atoms with Gasteiger partial charge >= 0.3 is 0 Å². The number of rotatable bonds is 6. The molecular formula is C17H27NO2. The number of methoxy groups -OCH3 is 2. The van der Waals surface area contributed by atoms with Crippen LogP contribution in [-0.4, -0.2) is 38.8 Å². The minimum absolute atomic E-state index is 0.524. The minimum Gasteiger partial charge on any atom is -0.493 e. The summed E-state index contributed by atoms with van der Waals surface area (Å²) in [4.78, 5) is 2.59. The number of ether oxygens (including phenoxy) is 2. The van der Waals surface area contributed by atoms with Crippen LogP contribution in [0.25, 0.3) is 0 Å². The molecule has 3 nitrogen and oxygen atoms in total. The first-order valence-corrected chi connectivity index (χ1v) is 7.60. The van der Waals surface area contributed by atoms with Gasteiger partial charge in [-0.1, -0.05) is 19.9 Å². The van der Waals surface area contributed by atoms with Crippen LogP contribution in [0.1, 0.15) is 38.2 Å². The van der Waals surface area contributed by atoms with E-state index in [0.717, 1.165) is 11.5 Å². The summed E-state index contributed by atoms with van der Waals surface area (Å²) in [7, 11) is 3.37. The highest BCUT2D eigenvalue weighted by Crippen LogP contribution is 2.33. The molecule has 0 unspecified atom stereocenters. The average molecular weight is 277 g/mol. The summed E-state index contributed by atoms with van der Waals surface area (Å²) in [5.41, 5.74) is 1.33. The maximum atomic E-state index is 5.40. The van der Waals surface area contributed by atoms with Crippen molar-refractivity contribution in [3.8, 4) is 11.5 Å². The van der Waals surface area contributed by atoms with Gasteiger partial charge in [0, 0.05) is 6.54 Å². The van der Waals surface area contributed by atoms with E-state index >= 15 is 0 Å². The van der Waals surface area contributed by atoms with Gasteiger partial charge in [0.15, 0.2) is 11.5 Å². The lowest BCUT2D eigenvalue weighted by atomic mass is 9.88. The second-order valence-corrected chi connectivity index (χ2v) is 5.89. The van der Waals surface area contributed by atoms with Crippen LogP contribution in [0.2, 0.25) is 0 Å². The van der Waals surface area contributed by atoms with Crippen LogP contribution >= 0.6 is 0 Å². The maximum absolute atomic E-state index is 5.40. The molecule has 0 spiro atoms. The molecule has 0 aromatic heterocycles. The Kier molecular flexibility index (Phi) is 5.30. The minimum atomic E-state index is 0.524. The van der Waals surface area contributed by atoms with Crippen molar-refractivity contribution in [1.29, 1.82) is 0 Å². The standard InChI is InChI=1S/C17H27NO2/c1-13(12-18-9-5-6-10-18)14(2)15-7-8-16(19-3)17(11-15)20-4/h7-8,11,13-14H,5-6,9-10,12H2,1-4H3/t13-,14+/m1/s1. The Labute approximate surface area is 122 Å². The van der Waals surface area contributed by atoms with Crippen LogP contribution in [0.15, 0.2) is 18.2 Å². The molecule has 2 rings (SSSR count). The monoisotopic (exact) mass is 277 g/mol. The Bertz CT molecular complexity index is 427. The molecule has 0 aliphatic carbocycles. The molecule has 0 radical (unpaired) electrons. The number of likely N-dealkylation sites (tertiary alicyclic amines) is 1. The lowest BCUT2D eigenvalue weighted by Crippen LogP contribution is -2.27. The predicted octanol–water partition coefficient (Wildman–Crippen LogP) is 3.54. The predicted molar refractivity (Wildman–Crippen MR) is 82.8 cm³/mol. The highest BCUT2D eigenvalue weighted by Gasteiger charge is 2.20. The van der Waals surface area contributed by atoms with Crippen molar-refractivity contribution in [3.63, 3.8) is 0 Å². The van der Waals surface area contributed by atoms with Gasteiger partial charge in [-0.3, -0.25) is 0 Å². The summed E-state index contributed by atoms with van der Waals surface area (Å²) in [6.07, 6.45) is 2.72. The highest BCUT2D eigenvalue weighted by atomic mass is 16.5. The molecule has 1 aliphatic rings. The number of hydrogen-bond acceptors (Lipinski definition) is 3. The Balaban J connectivity index is 2.05. The van der Waals surface area contributed by atoms with Crippen molar-refractivity contribution in [2.45, 2.75) is 32.6 Å². The van der Waals surface area contributed by atoms with Gasteiger partial charge in [-0.25, -0.2) is 0 Å². The Morgan fingerprint density at radius 2 is 1.70 bits per heavy atom. The zero-order valence-electron chi connectivity index (χ0n) is 13.2. The quantitative estimate of drug-likeness (QED) is 0.794. The van der Waals surface area contributed by atoms with Gasteiger partial charge in [-0.15, -0.1) is 0 Å². The van der Waals surface area contributed by atoms with Gasteiger partial charge in [0.25, 0.3) is 0 Å². The van der Waals surface area contributed by atoms with Crippen LogP contribution in [-0.2, 0) is 0 Å². The molecular weight excluding hydrogens is 250 g/mol. The van der Waals surface area contributed by atoms with Crippen LogP contribution in [0.5, 0.6) is 11.5 Å². The van der Waals surface area contributed by atoms with E-state index in [4.69, 9.17) is 9.47 Å². The van der Waals surface area contributed by atoms with E-state index in [1.165, 1.54) is 38.0 Å². The Hall–Kier alpha value is -1.22. The van der Waals surface area contributed by atoms with Gasteiger partial charge in [-0.05, 0) is 55.5 Å². The second-order valence-electron chi connectivity index (χ2n) is 5.89. The number of hydrogen-bond donors (Lipinski definition) is 0.